The Hall–Kier alpha value is -1.29. The zero-order valence-electron chi connectivity index (χ0n) is 9.53. The number of rotatable bonds is 3. The van der Waals surface area contributed by atoms with Gasteiger partial charge in [-0.1, -0.05) is 0 Å². The smallest absolute Gasteiger partial charge is 0.137 e. The molecule has 0 aliphatic heterocycles. The van der Waals surface area contributed by atoms with Crippen LogP contribution in [0.2, 0.25) is 0 Å². The average Bonchev–Trinajstić information content (AvgIpc) is 3.07. The summed E-state index contributed by atoms with van der Waals surface area (Å²) in [5.74, 6) is 2.47. The van der Waals surface area contributed by atoms with Crippen molar-refractivity contribution in [1.82, 2.24) is 9.97 Å². The highest BCUT2D eigenvalue weighted by Gasteiger charge is 2.25. The molecule has 1 aromatic carbocycles. The van der Waals surface area contributed by atoms with Crippen LogP contribution in [0.1, 0.15) is 24.5 Å². The molecule has 1 N–H and O–H groups in total. The van der Waals surface area contributed by atoms with Crippen molar-refractivity contribution in [2.45, 2.75) is 18.8 Å². The Morgan fingerprint density at radius 2 is 2.24 bits per heavy atom. The van der Waals surface area contributed by atoms with Gasteiger partial charge in [-0.2, -0.15) is 0 Å². The number of halogens is 1. The topological polar surface area (TPSA) is 37.9 Å². The number of nitrogens with one attached hydrogen (secondary N) is 1. The van der Waals surface area contributed by atoms with Crippen molar-refractivity contribution in [3.8, 4) is 17.1 Å². The van der Waals surface area contributed by atoms with Crippen LogP contribution in [0.4, 0.5) is 0 Å². The molecule has 0 atom stereocenters. The summed E-state index contributed by atoms with van der Waals surface area (Å²) < 4.78 is 6.16. The lowest BCUT2D eigenvalue weighted by Gasteiger charge is -2.04. The molecular weight excluding hydrogens is 280 g/mol. The van der Waals surface area contributed by atoms with Gasteiger partial charge in [-0.25, -0.2) is 4.98 Å². The van der Waals surface area contributed by atoms with E-state index in [1.165, 1.54) is 18.5 Å². The first-order chi connectivity index (χ1) is 8.28. The van der Waals surface area contributed by atoms with Crippen molar-refractivity contribution < 1.29 is 4.74 Å². The quantitative estimate of drug-likeness (QED) is 0.936. The van der Waals surface area contributed by atoms with E-state index in [1.54, 1.807) is 7.11 Å². The second-order valence-electron chi connectivity index (χ2n) is 4.31. The van der Waals surface area contributed by atoms with Gasteiger partial charge in [-0.3, -0.25) is 0 Å². The van der Waals surface area contributed by atoms with Gasteiger partial charge in [0, 0.05) is 23.4 Å². The highest BCUT2D eigenvalue weighted by Crippen LogP contribution is 2.39. The number of hydrogen-bond acceptors (Lipinski definition) is 2. The minimum absolute atomic E-state index is 0.706. The monoisotopic (exact) mass is 292 g/mol. The first kappa shape index (κ1) is 10.8. The second-order valence-corrected chi connectivity index (χ2v) is 5.17. The van der Waals surface area contributed by atoms with E-state index < -0.39 is 0 Å². The summed E-state index contributed by atoms with van der Waals surface area (Å²) in [7, 11) is 1.66. The fraction of sp³-hybridized carbons (Fsp3) is 0.308. The number of H-pyrrole nitrogens is 1. The third-order valence-corrected chi connectivity index (χ3v) is 3.66. The van der Waals surface area contributed by atoms with E-state index >= 15 is 0 Å². The molecule has 0 radical (unpaired) electrons. The molecule has 0 spiro atoms. The van der Waals surface area contributed by atoms with Crippen LogP contribution in [0.25, 0.3) is 11.4 Å². The SMILES string of the molecule is COc1ccc(-c2ncc(C3CC3)[nH]2)cc1Br. The van der Waals surface area contributed by atoms with Gasteiger partial charge in [0.15, 0.2) is 0 Å². The Morgan fingerprint density at radius 1 is 1.41 bits per heavy atom. The first-order valence-corrected chi connectivity index (χ1v) is 6.46. The lowest BCUT2D eigenvalue weighted by molar-refractivity contribution is 0.412. The second kappa shape index (κ2) is 4.18. The van der Waals surface area contributed by atoms with Crippen LogP contribution in [-0.2, 0) is 0 Å². The number of aromatic amines is 1. The summed E-state index contributed by atoms with van der Waals surface area (Å²) in [6, 6.07) is 5.98. The minimum atomic E-state index is 0.706. The molecule has 4 heteroatoms. The Morgan fingerprint density at radius 3 is 2.88 bits per heavy atom. The maximum absolute atomic E-state index is 5.21. The Labute approximate surface area is 108 Å². The van der Waals surface area contributed by atoms with Crippen LogP contribution in [0.5, 0.6) is 5.75 Å². The van der Waals surface area contributed by atoms with Crippen molar-refractivity contribution in [3.05, 3.63) is 34.6 Å². The van der Waals surface area contributed by atoms with E-state index in [4.69, 9.17) is 4.74 Å². The number of ether oxygens (including phenoxy) is 1. The maximum Gasteiger partial charge on any atom is 0.137 e. The summed E-state index contributed by atoms with van der Waals surface area (Å²) in [5, 5.41) is 0. The van der Waals surface area contributed by atoms with Gasteiger partial charge in [0.05, 0.1) is 11.6 Å². The van der Waals surface area contributed by atoms with Crippen LogP contribution < -0.4 is 4.74 Å². The highest BCUT2D eigenvalue weighted by atomic mass is 79.9. The van der Waals surface area contributed by atoms with E-state index in [0.29, 0.717) is 5.92 Å². The number of benzene rings is 1. The van der Waals surface area contributed by atoms with Gasteiger partial charge >= 0.3 is 0 Å². The number of methoxy groups -OCH3 is 1. The molecule has 1 aliphatic rings. The van der Waals surface area contributed by atoms with Crippen LogP contribution in [-0.4, -0.2) is 17.1 Å². The van der Waals surface area contributed by atoms with E-state index in [1.807, 2.05) is 24.4 Å². The summed E-state index contributed by atoms with van der Waals surface area (Å²) in [5.41, 5.74) is 2.33. The molecule has 1 fully saturated rings. The zero-order chi connectivity index (χ0) is 11.8. The van der Waals surface area contributed by atoms with Gasteiger partial charge in [0.1, 0.15) is 11.6 Å². The van der Waals surface area contributed by atoms with E-state index in [2.05, 4.69) is 25.9 Å². The van der Waals surface area contributed by atoms with Gasteiger partial charge in [-0.05, 0) is 47.0 Å². The molecule has 1 aromatic heterocycles. The van der Waals surface area contributed by atoms with Gasteiger partial charge < -0.3 is 9.72 Å². The molecule has 0 unspecified atom stereocenters. The summed E-state index contributed by atoms with van der Waals surface area (Å²) in [6.07, 6.45) is 4.52. The molecule has 17 heavy (non-hydrogen) atoms. The molecule has 0 saturated heterocycles. The van der Waals surface area contributed by atoms with E-state index in [-0.39, 0.29) is 0 Å². The predicted molar refractivity (Wildman–Crippen MR) is 70.3 cm³/mol. The summed E-state index contributed by atoms with van der Waals surface area (Å²) in [4.78, 5) is 7.81. The number of aromatic nitrogens is 2. The van der Waals surface area contributed by atoms with E-state index in [0.717, 1.165) is 21.6 Å². The first-order valence-electron chi connectivity index (χ1n) is 5.67. The van der Waals surface area contributed by atoms with Crippen molar-refractivity contribution >= 4 is 15.9 Å². The van der Waals surface area contributed by atoms with Crippen molar-refractivity contribution in [3.63, 3.8) is 0 Å². The van der Waals surface area contributed by atoms with Crippen LogP contribution >= 0.6 is 15.9 Å². The van der Waals surface area contributed by atoms with Crippen LogP contribution in [0, 0.1) is 0 Å². The molecule has 1 heterocycles. The van der Waals surface area contributed by atoms with Gasteiger partial charge in [0.25, 0.3) is 0 Å². The Balaban J connectivity index is 1.93. The minimum Gasteiger partial charge on any atom is -0.496 e. The lowest BCUT2D eigenvalue weighted by atomic mass is 10.2. The standard InChI is InChI=1S/C13H13BrN2O/c1-17-12-5-4-9(6-10(12)14)13-15-7-11(16-13)8-2-3-8/h4-8H,2-3H2,1H3,(H,15,16). The third-order valence-electron chi connectivity index (χ3n) is 3.04. The van der Waals surface area contributed by atoms with Crippen LogP contribution in [0.3, 0.4) is 0 Å². The molecule has 88 valence electrons. The average molecular weight is 293 g/mol. The van der Waals surface area contributed by atoms with Gasteiger partial charge in [0.2, 0.25) is 0 Å². The Kier molecular flexibility index (Phi) is 2.67. The molecule has 1 aliphatic carbocycles. The molecule has 0 bridgehead atoms. The Bertz CT molecular complexity index is 546. The number of imidazole rings is 1. The van der Waals surface area contributed by atoms with Crippen molar-refractivity contribution in [1.29, 1.82) is 0 Å². The molecule has 0 amide bonds. The third kappa shape index (κ3) is 2.09. The van der Waals surface area contributed by atoms with Crippen molar-refractivity contribution in [2.24, 2.45) is 0 Å². The fourth-order valence-electron chi connectivity index (χ4n) is 1.90. The van der Waals surface area contributed by atoms with E-state index in [9.17, 15) is 0 Å². The number of nitrogens with zero attached hydrogens (tertiary/aromatic N) is 1. The largest absolute Gasteiger partial charge is 0.496 e. The maximum atomic E-state index is 5.21. The zero-order valence-corrected chi connectivity index (χ0v) is 11.1. The van der Waals surface area contributed by atoms with Crippen LogP contribution in [0.15, 0.2) is 28.9 Å². The number of hydrogen-bond donors (Lipinski definition) is 1. The normalized spacial score (nSPS) is 14.9. The summed E-state index contributed by atoms with van der Waals surface area (Å²) >= 11 is 3.49. The predicted octanol–water partition coefficient (Wildman–Crippen LogP) is 3.73. The molecule has 3 nitrogen and oxygen atoms in total. The van der Waals surface area contributed by atoms with Crippen molar-refractivity contribution in [2.75, 3.05) is 7.11 Å². The molecule has 2 aromatic rings. The fourth-order valence-corrected chi connectivity index (χ4v) is 2.44. The molecule has 3 rings (SSSR count). The highest BCUT2D eigenvalue weighted by molar-refractivity contribution is 9.10. The molecular formula is C13H13BrN2O. The lowest BCUT2D eigenvalue weighted by Crippen LogP contribution is -1.86. The van der Waals surface area contributed by atoms with Gasteiger partial charge in [-0.15, -0.1) is 0 Å². The summed E-state index contributed by atoms with van der Waals surface area (Å²) in [6.45, 7) is 0. The molecule has 1 saturated carbocycles.